The predicted octanol–water partition coefficient (Wildman–Crippen LogP) is 6.05. The molecule has 3 atom stereocenters. The average Bonchev–Trinajstić information content (AvgIpc) is 3.32. The molecule has 1 amide bonds. The number of halogens is 1. The molecule has 1 aliphatic heterocycles. The van der Waals surface area contributed by atoms with Gasteiger partial charge in [-0.2, -0.15) is 5.10 Å². The van der Waals surface area contributed by atoms with Crippen LogP contribution in [0, 0.1) is 25.6 Å². The maximum Gasteiger partial charge on any atom is 0.273 e. The lowest BCUT2D eigenvalue weighted by molar-refractivity contribution is 0.0764. The smallest absolute Gasteiger partial charge is 0.273 e. The van der Waals surface area contributed by atoms with E-state index < -0.39 is 0 Å². The van der Waals surface area contributed by atoms with Crippen molar-refractivity contribution in [3.8, 4) is 5.69 Å². The molecule has 7 heteroatoms. The second-order valence-corrected chi connectivity index (χ2v) is 11.3. The summed E-state index contributed by atoms with van der Waals surface area (Å²) >= 11 is 1.51. The van der Waals surface area contributed by atoms with Gasteiger partial charge in [0.25, 0.3) is 5.91 Å². The number of carbonyl (C=O) groups excluding carboxylic acids is 1. The van der Waals surface area contributed by atoms with Crippen molar-refractivity contribution in [3.05, 3.63) is 112 Å². The van der Waals surface area contributed by atoms with E-state index in [2.05, 4.69) is 59.5 Å². The van der Waals surface area contributed by atoms with Gasteiger partial charge in [-0.05, 0) is 72.9 Å². The molecule has 0 N–H and O–H groups in total. The highest BCUT2D eigenvalue weighted by atomic mass is 32.1. The van der Waals surface area contributed by atoms with Gasteiger partial charge in [0.2, 0.25) is 0 Å². The van der Waals surface area contributed by atoms with Crippen molar-refractivity contribution in [2.24, 2.45) is 5.92 Å². The van der Waals surface area contributed by atoms with E-state index in [1.807, 2.05) is 28.1 Å². The van der Waals surface area contributed by atoms with Crippen LogP contribution in [-0.2, 0) is 5.41 Å². The molecule has 37 heavy (non-hydrogen) atoms. The van der Waals surface area contributed by atoms with Crippen molar-refractivity contribution < 1.29 is 9.18 Å². The summed E-state index contributed by atoms with van der Waals surface area (Å²) in [6.45, 7) is 5.48. The van der Waals surface area contributed by atoms with E-state index in [1.165, 1.54) is 40.2 Å². The largest absolute Gasteiger partial charge is 0.336 e. The molecule has 0 unspecified atom stereocenters. The van der Waals surface area contributed by atoms with Crippen LogP contribution >= 0.6 is 11.3 Å². The highest BCUT2D eigenvalue weighted by Gasteiger charge is 2.71. The molecule has 1 aliphatic carbocycles. The Bertz CT molecular complexity index is 1660. The van der Waals surface area contributed by atoms with Gasteiger partial charge in [-0.1, -0.05) is 30.3 Å². The van der Waals surface area contributed by atoms with E-state index in [-0.39, 0.29) is 17.1 Å². The lowest BCUT2D eigenvalue weighted by atomic mass is 9.86. The highest BCUT2D eigenvalue weighted by molar-refractivity contribution is 7.09. The fourth-order valence-corrected chi connectivity index (χ4v) is 7.10. The Balaban J connectivity index is 1.31. The summed E-state index contributed by atoms with van der Waals surface area (Å²) in [4.78, 5) is 19.8. The Morgan fingerprint density at radius 1 is 1.08 bits per heavy atom. The quantitative estimate of drug-likeness (QED) is 0.297. The summed E-state index contributed by atoms with van der Waals surface area (Å²) in [5.74, 6) is 0.461. The molecule has 7 rings (SSSR count). The third-order valence-electron chi connectivity index (χ3n) is 8.15. The number of piperidine rings is 1. The minimum atomic E-state index is -0.266. The number of nitrogens with zero attached hydrogens (tertiary/aromatic N) is 4. The molecule has 5 nitrogen and oxygen atoms in total. The molecule has 0 bridgehead atoms. The first-order valence-electron chi connectivity index (χ1n) is 12.5. The molecular weight excluding hydrogens is 483 g/mol. The Labute approximate surface area is 218 Å². The Kier molecular flexibility index (Phi) is 4.88. The standard InChI is InChI=1S/C30H25FN4OS/c1-18-12-27-21(14-32-35(27)23-10-8-22(31)9-11-23)13-24(18)30-17-34(29(36)26-16-37-19(2)33-26)15-25(30)28(30)20-6-4-3-5-7-20/h3-14,16,25,28H,15,17H2,1-2H3/t25-,28-,30+/m1/s1. The van der Waals surface area contributed by atoms with Crippen molar-refractivity contribution >= 4 is 28.1 Å². The Hall–Kier alpha value is -3.84. The second-order valence-electron chi connectivity index (χ2n) is 10.2. The number of likely N-dealkylation sites (tertiary alicyclic amines) is 1. The van der Waals surface area contributed by atoms with Crippen LogP contribution in [0.4, 0.5) is 4.39 Å². The average molecular weight is 509 g/mol. The van der Waals surface area contributed by atoms with Crippen molar-refractivity contribution in [1.29, 1.82) is 0 Å². The Morgan fingerprint density at radius 2 is 1.86 bits per heavy atom. The topological polar surface area (TPSA) is 51.0 Å². The van der Waals surface area contributed by atoms with Crippen LogP contribution in [0.15, 0.2) is 78.3 Å². The van der Waals surface area contributed by atoms with Crippen molar-refractivity contribution in [3.63, 3.8) is 0 Å². The summed E-state index contributed by atoms with van der Waals surface area (Å²) < 4.78 is 15.4. The first kappa shape index (κ1) is 22.4. The minimum absolute atomic E-state index is 0.0191. The number of fused-ring (bicyclic) bond motifs is 2. The number of hydrogen-bond donors (Lipinski definition) is 0. The zero-order chi connectivity index (χ0) is 25.3. The van der Waals surface area contributed by atoms with Crippen molar-refractivity contribution in [2.45, 2.75) is 25.2 Å². The van der Waals surface area contributed by atoms with Gasteiger partial charge >= 0.3 is 0 Å². The highest BCUT2D eigenvalue weighted by Crippen LogP contribution is 2.69. The molecule has 0 spiro atoms. The molecule has 3 heterocycles. The number of hydrogen-bond acceptors (Lipinski definition) is 4. The first-order chi connectivity index (χ1) is 18.0. The van der Waals surface area contributed by atoms with Crippen LogP contribution in [-0.4, -0.2) is 38.7 Å². The minimum Gasteiger partial charge on any atom is -0.336 e. The lowest BCUT2D eigenvalue weighted by Gasteiger charge is -2.25. The van der Waals surface area contributed by atoms with Crippen LogP contribution < -0.4 is 0 Å². The number of carbonyl (C=O) groups is 1. The van der Waals surface area contributed by atoms with E-state index >= 15 is 0 Å². The summed E-state index contributed by atoms with van der Waals surface area (Å²) in [7, 11) is 0. The maximum atomic E-state index is 13.5. The molecule has 2 aromatic heterocycles. The van der Waals surface area contributed by atoms with Crippen LogP contribution in [0.25, 0.3) is 16.6 Å². The summed E-state index contributed by atoms with van der Waals surface area (Å²) in [6.07, 6.45) is 1.88. The zero-order valence-corrected chi connectivity index (χ0v) is 21.4. The molecule has 2 aliphatic rings. The van der Waals surface area contributed by atoms with E-state index in [9.17, 15) is 9.18 Å². The van der Waals surface area contributed by atoms with Crippen LogP contribution in [0.1, 0.15) is 38.1 Å². The SMILES string of the molecule is Cc1nc(C(=O)N2C[C@@H]3[C@@H](c4ccccc4)[C@]3(c3cc4cnn(-c5ccc(F)cc5)c4cc3C)C2)cs1. The van der Waals surface area contributed by atoms with Gasteiger partial charge in [-0.15, -0.1) is 11.3 Å². The van der Waals surface area contributed by atoms with Gasteiger partial charge in [0.15, 0.2) is 0 Å². The Morgan fingerprint density at radius 3 is 2.59 bits per heavy atom. The third-order valence-corrected chi connectivity index (χ3v) is 8.92. The molecule has 1 saturated carbocycles. The van der Waals surface area contributed by atoms with E-state index in [1.54, 1.807) is 12.1 Å². The van der Waals surface area contributed by atoms with Crippen molar-refractivity contribution in [2.75, 3.05) is 13.1 Å². The number of thiazole rings is 1. The molecule has 1 saturated heterocycles. The summed E-state index contributed by atoms with van der Waals surface area (Å²) in [5.41, 5.74) is 6.00. The first-order valence-corrected chi connectivity index (χ1v) is 13.3. The van der Waals surface area contributed by atoms with Gasteiger partial charge in [-0.3, -0.25) is 4.79 Å². The van der Waals surface area contributed by atoms with E-state index in [0.717, 1.165) is 28.1 Å². The number of amides is 1. The fourth-order valence-electron chi connectivity index (χ4n) is 6.51. The van der Waals surface area contributed by atoms with Crippen LogP contribution in [0.5, 0.6) is 0 Å². The molecule has 0 radical (unpaired) electrons. The third kappa shape index (κ3) is 3.37. The maximum absolute atomic E-state index is 13.5. The lowest BCUT2D eigenvalue weighted by Crippen LogP contribution is -2.34. The molecule has 2 fully saturated rings. The number of benzene rings is 3. The normalized spacial score (nSPS) is 22.4. The molecule has 3 aromatic carbocycles. The van der Waals surface area contributed by atoms with Crippen molar-refractivity contribution in [1.82, 2.24) is 19.7 Å². The van der Waals surface area contributed by atoms with Crippen LogP contribution in [0.3, 0.4) is 0 Å². The number of rotatable bonds is 4. The number of aromatic nitrogens is 3. The van der Waals surface area contributed by atoms with Gasteiger partial charge in [0.05, 0.1) is 22.4 Å². The predicted molar refractivity (Wildman–Crippen MR) is 143 cm³/mol. The van der Waals surface area contributed by atoms with E-state index in [0.29, 0.717) is 24.1 Å². The second kappa shape index (κ2) is 8.08. The molecular formula is C30H25FN4OS. The van der Waals surface area contributed by atoms with Gasteiger partial charge in [-0.25, -0.2) is 14.1 Å². The zero-order valence-electron chi connectivity index (χ0n) is 20.6. The van der Waals surface area contributed by atoms with Gasteiger partial charge in [0, 0.05) is 35.2 Å². The molecule has 5 aromatic rings. The summed E-state index contributed by atoms with van der Waals surface area (Å²) in [5, 5.41) is 8.44. The fraction of sp³-hybridized carbons (Fsp3) is 0.233. The van der Waals surface area contributed by atoms with Gasteiger partial charge < -0.3 is 4.90 Å². The van der Waals surface area contributed by atoms with E-state index in [4.69, 9.17) is 0 Å². The summed E-state index contributed by atoms with van der Waals surface area (Å²) in [6, 6.07) is 21.5. The van der Waals surface area contributed by atoms with Gasteiger partial charge in [0.1, 0.15) is 11.5 Å². The number of aryl methyl sites for hydroxylation is 2. The van der Waals surface area contributed by atoms with Crippen LogP contribution in [0.2, 0.25) is 0 Å². The molecule has 184 valence electrons. The monoisotopic (exact) mass is 508 g/mol.